The molecular formula is C40H77N2O6P. The third kappa shape index (κ3) is 34.9. The Morgan fingerprint density at radius 2 is 1.12 bits per heavy atom. The molecule has 0 aliphatic rings. The van der Waals surface area contributed by atoms with Gasteiger partial charge in [0, 0.05) is 13.0 Å². The third-order valence-electron chi connectivity index (χ3n) is 8.75. The van der Waals surface area contributed by atoms with Gasteiger partial charge in [-0.25, -0.2) is 4.57 Å². The molecule has 0 aromatic rings. The van der Waals surface area contributed by atoms with Crippen LogP contribution >= 0.6 is 7.82 Å². The van der Waals surface area contributed by atoms with Gasteiger partial charge >= 0.3 is 7.82 Å². The van der Waals surface area contributed by atoms with Crippen LogP contribution in [0.15, 0.2) is 36.5 Å². The summed E-state index contributed by atoms with van der Waals surface area (Å²) in [5.74, 6) is -0.176. The third-order valence-corrected chi connectivity index (χ3v) is 9.73. The van der Waals surface area contributed by atoms with Gasteiger partial charge in [-0.2, -0.15) is 0 Å². The van der Waals surface area contributed by atoms with Gasteiger partial charge in [0.05, 0.1) is 25.4 Å². The number of amides is 1. The number of carbonyl (C=O) groups is 1. The van der Waals surface area contributed by atoms with Gasteiger partial charge in [-0.1, -0.05) is 159 Å². The van der Waals surface area contributed by atoms with E-state index in [1.807, 2.05) is 0 Å². The Hall–Kier alpha value is -1.28. The second-order valence-electron chi connectivity index (χ2n) is 13.5. The van der Waals surface area contributed by atoms with Crippen LogP contribution in [-0.2, 0) is 18.4 Å². The maximum Gasteiger partial charge on any atom is 0.472 e. The van der Waals surface area contributed by atoms with Gasteiger partial charge in [-0.3, -0.25) is 13.8 Å². The van der Waals surface area contributed by atoms with E-state index in [1.54, 1.807) is 0 Å². The molecule has 0 saturated carbocycles. The van der Waals surface area contributed by atoms with Gasteiger partial charge in [-0.15, -0.1) is 0 Å². The van der Waals surface area contributed by atoms with Gasteiger partial charge in [0.2, 0.25) is 5.91 Å². The lowest BCUT2D eigenvalue weighted by molar-refractivity contribution is -0.123. The summed E-state index contributed by atoms with van der Waals surface area (Å²) in [6.07, 6.45) is 41.4. The Kier molecular flexibility index (Phi) is 35.6. The summed E-state index contributed by atoms with van der Waals surface area (Å²) < 4.78 is 22.1. The fraction of sp³-hybridized carbons (Fsp3) is 0.825. The highest BCUT2D eigenvalue weighted by Crippen LogP contribution is 2.43. The van der Waals surface area contributed by atoms with Crippen molar-refractivity contribution >= 4 is 13.7 Å². The molecule has 0 saturated heterocycles. The highest BCUT2D eigenvalue weighted by molar-refractivity contribution is 7.47. The lowest BCUT2D eigenvalue weighted by Crippen LogP contribution is -2.46. The molecule has 1 amide bonds. The van der Waals surface area contributed by atoms with Crippen molar-refractivity contribution in [1.82, 2.24) is 5.32 Å². The molecule has 0 bridgehead atoms. The first-order chi connectivity index (χ1) is 23.9. The van der Waals surface area contributed by atoms with Crippen molar-refractivity contribution < 1.29 is 28.4 Å². The molecule has 9 heteroatoms. The van der Waals surface area contributed by atoms with Gasteiger partial charge in [0.1, 0.15) is 0 Å². The monoisotopic (exact) mass is 713 g/mol. The summed E-state index contributed by atoms with van der Waals surface area (Å²) in [6, 6.07) is -0.779. The van der Waals surface area contributed by atoms with Crippen molar-refractivity contribution in [1.29, 1.82) is 0 Å². The number of hydrogen-bond acceptors (Lipinski definition) is 6. The van der Waals surface area contributed by atoms with Gasteiger partial charge in [-0.05, 0) is 51.4 Å². The molecule has 5 N–H and O–H groups in total. The number of nitrogens with one attached hydrogen (secondary N) is 1. The summed E-state index contributed by atoms with van der Waals surface area (Å²) in [4.78, 5) is 22.6. The van der Waals surface area contributed by atoms with Crippen LogP contribution in [0.25, 0.3) is 0 Å². The van der Waals surface area contributed by atoms with Crippen LogP contribution in [0.5, 0.6) is 0 Å². The molecule has 0 aliphatic carbocycles. The molecule has 0 rings (SSSR count). The summed E-state index contributed by atoms with van der Waals surface area (Å²) in [6.45, 7) is 4.15. The van der Waals surface area contributed by atoms with Crippen molar-refractivity contribution in [3.63, 3.8) is 0 Å². The van der Waals surface area contributed by atoms with E-state index in [0.29, 0.717) is 12.8 Å². The number of aliphatic hydroxyl groups is 1. The number of phosphoric ester groups is 1. The Labute approximate surface area is 301 Å². The first-order valence-corrected chi connectivity index (χ1v) is 21.6. The number of aliphatic hydroxyl groups excluding tert-OH is 1. The fourth-order valence-electron chi connectivity index (χ4n) is 5.67. The summed E-state index contributed by atoms with van der Waals surface area (Å²) in [5, 5.41) is 13.7. The lowest BCUT2D eigenvalue weighted by atomic mass is 10.0. The quantitative estimate of drug-likeness (QED) is 0.0286. The first kappa shape index (κ1) is 47.7. The fourth-order valence-corrected chi connectivity index (χ4v) is 6.43. The largest absolute Gasteiger partial charge is 0.472 e. The van der Waals surface area contributed by atoms with E-state index in [9.17, 15) is 19.4 Å². The zero-order chi connectivity index (χ0) is 36.1. The molecule has 49 heavy (non-hydrogen) atoms. The smallest absolute Gasteiger partial charge is 0.391 e. The van der Waals surface area contributed by atoms with E-state index >= 15 is 0 Å². The topological polar surface area (TPSA) is 131 Å². The number of unbranched alkanes of at least 4 members (excludes halogenated alkanes) is 19. The van der Waals surface area contributed by atoms with E-state index in [-0.39, 0.29) is 25.7 Å². The van der Waals surface area contributed by atoms with Crippen molar-refractivity contribution in [3.8, 4) is 0 Å². The number of hydrogen-bond donors (Lipinski definition) is 4. The molecule has 3 unspecified atom stereocenters. The number of phosphoric acid groups is 1. The minimum atomic E-state index is -4.31. The highest BCUT2D eigenvalue weighted by Gasteiger charge is 2.27. The zero-order valence-corrected chi connectivity index (χ0v) is 32.6. The second-order valence-corrected chi connectivity index (χ2v) is 14.9. The Morgan fingerprint density at radius 1 is 0.673 bits per heavy atom. The van der Waals surface area contributed by atoms with Crippen LogP contribution < -0.4 is 11.1 Å². The molecule has 3 atom stereocenters. The van der Waals surface area contributed by atoms with Gasteiger partial charge in [0.15, 0.2) is 0 Å². The lowest BCUT2D eigenvalue weighted by Gasteiger charge is -2.25. The molecule has 0 fully saturated rings. The van der Waals surface area contributed by atoms with Crippen molar-refractivity contribution in [2.75, 3.05) is 19.8 Å². The second kappa shape index (κ2) is 36.5. The average molecular weight is 713 g/mol. The normalized spacial score (nSPS) is 14.6. The van der Waals surface area contributed by atoms with Crippen LogP contribution in [-0.4, -0.2) is 47.8 Å². The van der Waals surface area contributed by atoms with E-state index < -0.39 is 20.0 Å². The predicted molar refractivity (Wildman–Crippen MR) is 208 cm³/mol. The van der Waals surface area contributed by atoms with Crippen LogP contribution in [0.4, 0.5) is 0 Å². The molecule has 8 nitrogen and oxygen atoms in total. The van der Waals surface area contributed by atoms with E-state index in [2.05, 4.69) is 55.6 Å². The van der Waals surface area contributed by atoms with E-state index in [1.165, 1.54) is 89.9 Å². The number of nitrogens with two attached hydrogens (primary N) is 1. The Morgan fingerprint density at radius 3 is 1.67 bits per heavy atom. The van der Waals surface area contributed by atoms with Gasteiger partial charge < -0.3 is 21.1 Å². The Bertz CT molecular complexity index is 866. The van der Waals surface area contributed by atoms with Crippen molar-refractivity contribution in [2.24, 2.45) is 5.73 Å². The molecule has 0 aliphatic heterocycles. The maximum atomic E-state index is 12.7. The van der Waals surface area contributed by atoms with Crippen molar-refractivity contribution in [2.45, 2.75) is 193 Å². The maximum absolute atomic E-state index is 12.7. The number of rotatable bonds is 37. The number of carbonyl (C=O) groups excluding carboxylic acids is 1. The van der Waals surface area contributed by atoms with E-state index in [4.69, 9.17) is 14.8 Å². The molecule has 0 aromatic heterocycles. The minimum absolute atomic E-state index is 0.0855. The Balaban J connectivity index is 4.21. The molecular weight excluding hydrogens is 635 g/mol. The first-order valence-electron chi connectivity index (χ1n) is 20.1. The molecule has 288 valence electrons. The molecule has 0 aromatic carbocycles. The standard InChI is InChI=1S/C40H77N2O6P/c1-3-5-7-9-11-13-15-16-17-18-19-20-21-22-24-26-28-30-32-34-40(44)42-38(37-48-49(45,46)47-36-35-41)39(43)33-31-29-27-25-23-14-12-10-8-6-4-2/h11,13,16-17,19-20,38-39,43H,3-10,12,14-15,18,21-37,41H2,1-2H3,(H,42,44)(H,45,46)/b13-11-,17-16-,20-19-. The summed E-state index contributed by atoms with van der Waals surface area (Å²) >= 11 is 0. The molecule has 0 heterocycles. The van der Waals surface area contributed by atoms with Gasteiger partial charge in [0.25, 0.3) is 0 Å². The predicted octanol–water partition coefficient (Wildman–Crippen LogP) is 10.8. The molecule has 0 spiro atoms. The summed E-state index contributed by atoms with van der Waals surface area (Å²) in [7, 11) is -4.31. The van der Waals surface area contributed by atoms with Crippen LogP contribution in [0.2, 0.25) is 0 Å². The van der Waals surface area contributed by atoms with Crippen LogP contribution in [0.1, 0.15) is 181 Å². The zero-order valence-electron chi connectivity index (χ0n) is 31.7. The van der Waals surface area contributed by atoms with E-state index in [0.717, 1.165) is 64.2 Å². The number of allylic oxidation sites excluding steroid dienone is 6. The molecule has 0 radical (unpaired) electrons. The SMILES string of the molecule is CCCCC/C=C\C/C=C\C/C=C\CCCCCCCCC(=O)NC(COP(=O)(O)OCCN)C(O)CCCCCCCCCCCCC. The minimum Gasteiger partial charge on any atom is -0.391 e. The van der Waals surface area contributed by atoms with Crippen LogP contribution in [0, 0.1) is 0 Å². The highest BCUT2D eigenvalue weighted by atomic mass is 31.2. The summed E-state index contributed by atoms with van der Waals surface area (Å²) in [5.41, 5.74) is 5.36. The van der Waals surface area contributed by atoms with Crippen molar-refractivity contribution in [3.05, 3.63) is 36.5 Å². The van der Waals surface area contributed by atoms with Crippen LogP contribution in [0.3, 0.4) is 0 Å². The average Bonchev–Trinajstić information content (AvgIpc) is 3.09.